The maximum atomic E-state index is 14.9. The summed E-state index contributed by atoms with van der Waals surface area (Å²) in [4.78, 5) is 0. The minimum absolute atomic E-state index is 0.414. The maximum absolute atomic E-state index is 14.9. The number of rotatable bonds is 56. The maximum Gasteiger partial charge on any atom is 0.647 e. The fourth-order valence-corrected chi connectivity index (χ4v) is 13.6. The molecule has 0 saturated carbocycles. The molecule has 86 heavy (non-hydrogen) atoms. The minimum atomic E-state index is -4.14. The molecule has 0 heterocycles. The molecular weight excluding hydrogens is 1100 g/mol. The Balaban J connectivity index is 0.000000476. The number of hydrogen-bond donors (Lipinski definition) is 0. The number of unbranched alkanes of at least 4 members (excludes halogenated alkanes) is 36. The molecule has 0 N–H and O–H groups in total. The Labute approximate surface area is 528 Å². The first-order chi connectivity index (χ1) is 42.2. The zero-order valence-corrected chi connectivity index (χ0v) is 57.7. The van der Waals surface area contributed by atoms with Gasteiger partial charge in [-0.15, -0.1) is 0 Å². The van der Waals surface area contributed by atoms with Crippen molar-refractivity contribution in [1.29, 1.82) is 0 Å². The Bertz CT molecular complexity index is 2090. The monoisotopic (exact) mass is 1230 g/mol. The number of hydrogen-bond acceptors (Lipinski definition) is 8. The molecule has 4 aromatic rings. The topological polar surface area (TPSA) is 89.5 Å². The first-order valence-electron chi connectivity index (χ1n) is 35.8. The summed E-state index contributed by atoms with van der Waals surface area (Å²) >= 11 is 0. The molecule has 0 aliphatic carbocycles. The van der Waals surface area contributed by atoms with E-state index in [9.17, 15) is 9.13 Å². The summed E-state index contributed by atoms with van der Waals surface area (Å²) in [5.41, 5.74) is 4.26. The highest BCUT2D eigenvalue weighted by Crippen LogP contribution is 2.52. The molecule has 0 amide bonds. The van der Waals surface area contributed by atoms with Crippen LogP contribution in [0.3, 0.4) is 0 Å². The van der Waals surface area contributed by atoms with Crippen LogP contribution in [0.1, 0.15) is 320 Å². The standard InChI is InChI=1S/C45H69O4P.C31H57O4P/c1-4-7-10-13-16-19-22-31-40-34-25-28-37-43(40)47-50(46,48-44-38-29-26-35-41(44)32-23-20-17-14-11-8-5-2)49-45-39-30-27-36-42(45)33-24-21-18-15-12-9-6-3;1-4-6-8-10-12-14-16-18-20-22-28-33-36(32,35-31-26-24-30(3)25-27-31)34-29-23-21-19-17-15-13-11-9-7-5-2/h25-30,34-39H,4-24,31-33H2,1-3H3;24-27H,4-23,28-29H2,1-3H3. The Morgan fingerprint density at radius 2 is 0.512 bits per heavy atom. The van der Waals surface area contributed by atoms with Crippen molar-refractivity contribution in [3.8, 4) is 23.0 Å². The summed E-state index contributed by atoms with van der Waals surface area (Å²) in [6.45, 7) is 14.1. The molecule has 0 unspecified atom stereocenters. The van der Waals surface area contributed by atoms with Crippen molar-refractivity contribution >= 4 is 15.6 Å². The third-order valence-electron chi connectivity index (χ3n) is 16.4. The zero-order chi connectivity index (χ0) is 61.7. The number of phosphoric ester groups is 2. The predicted molar refractivity (Wildman–Crippen MR) is 369 cm³/mol. The van der Waals surface area contributed by atoms with Crippen molar-refractivity contribution in [1.82, 2.24) is 0 Å². The van der Waals surface area contributed by atoms with Gasteiger partial charge < -0.3 is 18.1 Å². The van der Waals surface area contributed by atoms with E-state index in [1.807, 2.05) is 85.8 Å². The van der Waals surface area contributed by atoms with Gasteiger partial charge in [-0.3, -0.25) is 9.05 Å². The van der Waals surface area contributed by atoms with Crippen molar-refractivity contribution in [2.75, 3.05) is 13.2 Å². The van der Waals surface area contributed by atoms with Gasteiger partial charge in [0.1, 0.15) is 23.0 Å². The van der Waals surface area contributed by atoms with E-state index < -0.39 is 15.6 Å². The average molecular weight is 1230 g/mol. The Morgan fingerprint density at radius 1 is 0.267 bits per heavy atom. The highest BCUT2D eigenvalue weighted by atomic mass is 31.2. The fourth-order valence-electron chi connectivity index (χ4n) is 11.0. The van der Waals surface area contributed by atoms with Crippen molar-refractivity contribution in [3.05, 3.63) is 119 Å². The van der Waals surface area contributed by atoms with Crippen LogP contribution in [0, 0.1) is 6.92 Å². The summed E-state index contributed by atoms with van der Waals surface area (Å²) < 4.78 is 64.8. The van der Waals surface area contributed by atoms with E-state index in [4.69, 9.17) is 27.1 Å². The summed E-state index contributed by atoms with van der Waals surface area (Å²) in [5, 5.41) is 0. The van der Waals surface area contributed by atoms with Crippen molar-refractivity contribution in [2.45, 2.75) is 324 Å². The molecule has 0 aliphatic rings. The molecule has 10 heteroatoms. The van der Waals surface area contributed by atoms with Crippen LogP contribution >= 0.6 is 15.6 Å². The molecule has 0 fully saturated rings. The van der Waals surface area contributed by atoms with Gasteiger partial charge in [0.2, 0.25) is 0 Å². The largest absolute Gasteiger partial charge is 0.647 e. The van der Waals surface area contributed by atoms with Gasteiger partial charge in [-0.25, -0.2) is 4.57 Å². The second-order valence-corrected chi connectivity index (χ2v) is 27.6. The number of benzene rings is 4. The van der Waals surface area contributed by atoms with Crippen LogP contribution in [0.4, 0.5) is 0 Å². The highest BCUT2D eigenvalue weighted by Gasteiger charge is 2.35. The molecule has 4 aromatic carbocycles. The molecular formula is C76H126O8P2. The molecule has 0 bridgehead atoms. The minimum Gasteiger partial charge on any atom is -0.404 e. The number of para-hydroxylation sites is 3. The van der Waals surface area contributed by atoms with Crippen LogP contribution < -0.4 is 18.1 Å². The fraction of sp³-hybridized carbons (Fsp3) is 0.684. The lowest BCUT2D eigenvalue weighted by atomic mass is 10.0. The predicted octanol–water partition coefficient (Wildman–Crippen LogP) is 26.6. The van der Waals surface area contributed by atoms with Gasteiger partial charge in [0.25, 0.3) is 0 Å². The second kappa shape index (κ2) is 52.3. The summed E-state index contributed by atoms with van der Waals surface area (Å²) in [5.74, 6) is 2.28. The van der Waals surface area contributed by atoms with Gasteiger partial charge in [-0.1, -0.05) is 338 Å². The number of aryl methyl sites for hydroxylation is 4. The Kier molecular flexibility index (Phi) is 46.6. The van der Waals surface area contributed by atoms with Crippen LogP contribution in [0.15, 0.2) is 97.1 Å². The Morgan fingerprint density at radius 3 is 0.791 bits per heavy atom. The first kappa shape index (κ1) is 76.7. The van der Waals surface area contributed by atoms with Crippen LogP contribution in [0.2, 0.25) is 0 Å². The van der Waals surface area contributed by atoms with Gasteiger partial charge in [-0.2, -0.15) is 4.57 Å². The third kappa shape index (κ3) is 38.8. The Hall–Kier alpha value is -3.54. The van der Waals surface area contributed by atoms with Gasteiger partial charge >= 0.3 is 15.6 Å². The molecule has 4 rings (SSSR count). The smallest absolute Gasteiger partial charge is 0.404 e. The molecule has 0 saturated heterocycles. The molecule has 0 aliphatic heterocycles. The van der Waals surface area contributed by atoms with E-state index >= 15 is 0 Å². The van der Waals surface area contributed by atoms with Crippen LogP contribution in [-0.2, 0) is 37.4 Å². The van der Waals surface area contributed by atoms with Gasteiger partial charge in [-0.05, 0) is 105 Å². The van der Waals surface area contributed by atoms with Crippen LogP contribution in [0.5, 0.6) is 23.0 Å². The summed E-state index contributed by atoms with van der Waals surface area (Å²) in [7, 11) is -7.75. The van der Waals surface area contributed by atoms with Crippen LogP contribution in [0.25, 0.3) is 0 Å². The molecule has 0 radical (unpaired) electrons. The van der Waals surface area contributed by atoms with Gasteiger partial charge in [0.05, 0.1) is 13.2 Å². The zero-order valence-electron chi connectivity index (χ0n) is 55.9. The van der Waals surface area contributed by atoms with E-state index in [0.717, 1.165) is 86.5 Å². The van der Waals surface area contributed by atoms with Gasteiger partial charge in [0.15, 0.2) is 0 Å². The third-order valence-corrected chi connectivity index (χ3v) is 19.1. The quantitative estimate of drug-likeness (QED) is 0.0319. The van der Waals surface area contributed by atoms with Gasteiger partial charge in [0, 0.05) is 0 Å². The molecule has 0 spiro atoms. The van der Waals surface area contributed by atoms with Crippen molar-refractivity contribution in [2.24, 2.45) is 0 Å². The lowest BCUT2D eigenvalue weighted by molar-refractivity contribution is 0.150. The van der Waals surface area contributed by atoms with E-state index in [1.165, 1.54) is 218 Å². The molecule has 8 nitrogen and oxygen atoms in total. The lowest BCUT2D eigenvalue weighted by Gasteiger charge is -2.23. The van der Waals surface area contributed by atoms with Crippen molar-refractivity contribution < 1.29 is 36.3 Å². The molecule has 488 valence electrons. The van der Waals surface area contributed by atoms with Crippen LogP contribution in [-0.4, -0.2) is 13.2 Å². The molecule has 0 aromatic heterocycles. The summed E-state index contributed by atoms with van der Waals surface area (Å²) in [6.07, 6.45) is 53.8. The van der Waals surface area contributed by atoms with E-state index in [0.29, 0.717) is 36.2 Å². The second-order valence-electron chi connectivity index (χ2n) is 24.5. The highest BCUT2D eigenvalue weighted by molar-refractivity contribution is 7.49. The average Bonchev–Trinajstić information content (AvgIpc) is 2.89. The number of phosphoric acid groups is 2. The normalized spacial score (nSPS) is 11.6. The van der Waals surface area contributed by atoms with E-state index in [2.05, 4.69) is 52.8 Å². The molecule has 0 atom stereocenters. The van der Waals surface area contributed by atoms with E-state index in [1.54, 1.807) is 0 Å². The SMILES string of the molecule is CCCCCCCCCCCCOP(=O)(OCCCCCCCCCCCC)Oc1ccc(C)cc1.CCCCCCCCCc1ccccc1OP(=O)(Oc1ccccc1CCCCCCCCC)Oc1ccccc1CCCCCCCCC. The first-order valence-corrected chi connectivity index (χ1v) is 38.7. The van der Waals surface area contributed by atoms with Crippen molar-refractivity contribution in [3.63, 3.8) is 0 Å². The summed E-state index contributed by atoms with van der Waals surface area (Å²) in [6, 6.07) is 31.4. The van der Waals surface area contributed by atoms with E-state index in [-0.39, 0.29) is 0 Å². The lowest BCUT2D eigenvalue weighted by Crippen LogP contribution is -2.10.